The van der Waals surface area contributed by atoms with Gasteiger partial charge in [0.2, 0.25) is 0 Å². The minimum Gasteiger partial charge on any atom is -0.394 e. The van der Waals surface area contributed by atoms with Crippen molar-refractivity contribution in [2.45, 2.75) is 104 Å². The summed E-state index contributed by atoms with van der Waals surface area (Å²) in [6.45, 7) is -5.16. The minimum absolute atomic E-state index is 0.708. The SMILES string of the molecule is O=C(CO)[C@H](O)[C@@H](O[C@@H]1O[C@H](CO)[C@H](O)[C@H](O)[C@H]1O)[C@H](O)CO.OC[C@@H](O)[C@@H](O[C@@H]1O[C@H](CO)[C@H](O)[C@H](O)[C@H]1O)[C@H](O)[C@@H](O)CO. The second-order valence-corrected chi connectivity index (χ2v) is 10.4. The van der Waals surface area contributed by atoms with Crippen molar-refractivity contribution in [3.8, 4) is 0 Å². The summed E-state index contributed by atoms with van der Waals surface area (Å²) in [6.07, 6.45) is -28.9. The van der Waals surface area contributed by atoms with E-state index >= 15 is 0 Å². The largest absolute Gasteiger partial charge is 0.394 e. The van der Waals surface area contributed by atoms with Gasteiger partial charge in [0.1, 0.15) is 98.2 Å². The normalized spacial score (nSPS) is 36.4. The van der Waals surface area contributed by atoms with E-state index < -0.39 is 150 Å². The third-order valence-electron chi connectivity index (χ3n) is 7.13. The van der Waals surface area contributed by atoms with Crippen LogP contribution < -0.4 is 0 Å². The van der Waals surface area contributed by atoms with E-state index in [1.807, 2.05) is 0 Å². The molecule has 17 N–H and O–H groups in total. The van der Waals surface area contributed by atoms with Crippen molar-refractivity contribution in [2.24, 2.45) is 0 Å². The van der Waals surface area contributed by atoms with Crippen LogP contribution in [0.2, 0.25) is 0 Å². The number of ether oxygens (including phenoxy) is 4. The molecule has 0 radical (unpaired) electrons. The Bertz CT molecular complexity index is 851. The lowest BCUT2D eigenvalue weighted by Crippen LogP contribution is -2.61. The molecule has 2 aliphatic rings. The lowest BCUT2D eigenvalue weighted by Gasteiger charge is -2.42. The molecule has 0 aliphatic carbocycles. The molecule has 0 aromatic rings. The molecule has 2 rings (SSSR count). The zero-order chi connectivity index (χ0) is 35.5. The maximum atomic E-state index is 11.3. The van der Waals surface area contributed by atoms with Crippen molar-refractivity contribution in [1.29, 1.82) is 0 Å². The van der Waals surface area contributed by atoms with E-state index in [-0.39, 0.29) is 0 Å². The molecule has 2 fully saturated rings. The zero-order valence-corrected chi connectivity index (χ0v) is 24.2. The molecule has 0 saturated carbocycles. The van der Waals surface area contributed by atoms with Gasteiger partial charge in [0.15, 0.2) is 18.4 Å². The molecule has 0 aromatic heterocycles. The average Bonchev–Trinajstić information content (AvgIpc) is 3.07. The van der Waals surface area contributed by atoms with E-state index in [0.717, 1.165) is 0 Å². The monoisotopic (exact) mass is 686 g/mol. The third kappa shape index (κ3) is 10.9. The van der Waals surface area contributed by atoms with Gasteiger partial charge in [-0.3, -0.25) is 4.79 Å². The van der Waals surface area contributed by atoms with Crippen LogP contribution in [0.4, 0.5) is 0 Å². The molecule has 2 aliphatic heterocycles. The van der Waals surface area contributed by atoms with Gasteiger partial charge in [-0.2, -0.15) is 0 Å². The number of ketones is 1. The predicted octanol–water partition coefficient (Wildman–Crippen LogP) is -11.3. The molecule has 2 saturated heterocycles. The summed E-state index contributed by atoms with van der Waals surface area (Å²) < 4.78 is 20.2. The Morgan fingerprint density at radius 1 is 0.543 bits per heavy atom. The Morgan fingerprint density at radius 2 is 0.913 bits per heavy atom. The Labute approximate surface area is 260 Å². The van der Waals surface area contributed by atoms with Gasteiger partial charge in [0, 0.05) is 0 Å². The molecule has 0 bridgehead atoms. The van der Waals surface area contributed by atoms with Crippen LogP contribution in [0.25, 0.3) is 0 Å². The van der Waals surface area contributed by atoms with E-state index in [4.69, 9.17) is 49.6 Å². The van der Waals surface area contributed by atoms with Gasteiger partial charge in [-0.1, -0.05) is 0 Å². The number of Topliss-reactive ketones (excluding diaryl/α,β-unsaturated/α-hetero) is 1. The Kier molecular flexibility index (Phi) is 19.0. The quantitative estimate of drug-likeness (QED) is 0.0716. The number of aliphatic hydroxyl groups is 17. The molecule has 22 nitrogen and oxygen atoms in total. The highest BCUT2D eigenvalue weighted by molar-refractivity contribution is 5.84. The highest BCUT2D eigenvalue weighted by Crippen LogP contribution is 2.26. The Balaban J connectivity index is 0.000000460. The van der Waals surface area contributed by atoms with Gasteiger partial charge in [-0.05, 0) is 0 Å². The molecule has 0 amide bonds. The molecule has 0 spiro atoms. The summed E-state index contributed by atoms with van der Waals surface area (Å²) in [6, 6.07) is 0. The summed E-state index contributed by atoms with van der Waals surface area (Å²) in [7, 11) is 0. The highest BCUT2D eigenvalue weighted by atomic mass is 16.7. The Hall–Kier alpha value is -1.17. The molecular formula is C24H46O22. The number of carbonyl (C=O) groups excluding carboxylic acids is 1. The number of hydrogen-bond donors (Lipinski definition) is 17. The lowest BCUT2D eigenvalue weighted by molar-refractivity contribution is -0.327. The first kappa shape index (κ1) is 42.9. The number of hydrogen-bond acceptors (Lipinski definition) is 22. The Morgan fingerprint density at radius 3 is 1.26 bits per heavy atom. The first-order valence-corrected chi connectivity index (χ1v) is 13.8. The van der Waals surface area contributed by atoms with E-state index in [2.05, 4.69) is 0 Å². The minimum atomic E-state index is -2.05. The van der Waals surface area contributed by atoms with Crippen molar-refractivity contribution < 1.29 is 111 Å². The standard InChI is InChI=1S/C12H24O11.C12H22O11/c2*13-1-4(16)7(18)11(5(17)2-14)23-12-10(21)9(20)8(19)6(3-15)22-12/h4-21H,1-3H2;5-15,17-21H,1-3H2/t4-,5+,6+,7+,8-,9-,10+,11+,12-;5-,6-,7+,8+,9+,10-,11+,12+/m01/s1. The number of rotatable bonds is 16. The van der Waals surface area contributed by atoms with Crippen molar-refractivity contribution in [3.05, 3.63) is 0 Å². The topological polar surface area (TPSA) is 398 Å². The van der Waals surface area contributed by atoms with Gasteiger partial charge in [-0.15, -0.1) is 0 Å². The second kappa shape index (κ2) is 20.4. The van der Waals surface area contributed by atoms with Crippen molar-refractivity contribution in [3.63, 3.8) is 0 Å². The van der Waals surface area contributed by atoms with Gasteiger partial charge in [0.25, 0.3) is 0 Å². The molecular weight excluding hydrogens is 640 g/mol. The molecule has 46 heavy (non-hydrogen) atoms. The summed E-state index contributed by atoms with van der Waals surface area (Å²) in [5, 5.41) is 160. The van der Waals surface area contributed by atoms with E-state index in [0.29, 0.717) is 0 Å². The molecule has 274 valence electrons. The fourth-order valence-electron chi connectivity index (χ4n) is 4.26. The second-order valence-electron chi connectivity index (χ2n) is 10.4. The highest BCUT2D eigenvalue weighted by Gasteiger charge is 2.48. The van der Waals surface area contributed by atoms with Gasteiger partial charge in [-0.25, -0.2) is 0 Å². The van der Waals surface area contributed by atoms with E-state index in [9.17, 15) is 61.0 Å². The van der Waals surface area contributed by atoms with Crippen LogP contribution in [0.1, 0.15) is 0 Å². The van der Waals surface area contributed by atoms with E-state index in [1.165, 1.54) is 0 Å². The van der Waals surface area contributed by atoms with Crippen molar-refractivity contribution in [1.82, 2.24) is 0 Å². The third-order valence-corrected chi connectivity index (χ3v) is 7.13. The lowest BCUT2D eigenvalue weighted by atomic mass is 9.98. The van der Waals surface area contributed by atoms with Crippen LogP contribution in [0.15, 0.2) is 0 Å². The first-order chi connectivity index (χ1) is 21.6. The van der Waals surface area contributed by atoms with Crippen LogP contribution in [0, 0.1) is 0 Å². The molecule has 22 heteroatoms. The molecule has 0 unspecified atom stereocenters. The smallest absolute Gasteiger partial charge is 0.189 e. The molecule has 2 heterocycles. The first-order valence-electron chi connectivity index (χ1n) is 13.8. The average molecular weight is 687 g/mol. The number of aliphatic hydroxyl groups excluding tert-OH is 17. The van der Waals surface area contributed by atoms with E-state index in [1.54, 1.807) is 0 Å². The summed E-state index contributed by atoms with van der Waals surface area (Å²) in [4.78, 5) is 11.3. The fourth-order valence-corrected chi connectivity index (χ4v) is 4.26. The van der Waals surface area contributed by atoms with Crippen molar-refractivity contribution >= 4 is 5.78 Å². The van der Waals surface area contributed by atoms with Gasteiger partial charge >= 0.3 is 0 Å². The molecule has 0 aromatic carbocycles. The van der Waals surface area contributed by atoms with Crippen LogP contribution >= 0.6 is 0 Å². The maximum absolute atomic E-state index is 11.3. The van der Waals surface area contributed by atoms with Crippen LogP contribution in [-0.4, -0.2) is 236 Å². The maximum Gasteiger partial charge on any atom is 0.189 e. The van der Waals surface area contributed by atoms with Gasteiger partial charge in [0.05, 0.1) is 33.0 Å². The van der Waals surface area contributed by atoms with Crippen LogP contribution in [0.5, 0.6) is 0 Å². The van der Waals surface area contributed by atoms with Crippen LogP contribution in [-0.2, 0) is 23.7 Å². The molecule has 17 atom stereocenters. The van der Waals surface area contributed by atoms with Gasteiger partial charge < -0.3 is 106 Å². The number of carbonyl (C=O) groups is 1. The predicted molar refractivity (Wildman–Crippen MR) is 141 cm³/mol. The summed E-state index contributed by atoms with van der Waals surface area (Å²) >= 11 is 0. The zero-order valence-electron chi connectivity index (χ0n) is 24.2. The summed E-state index contributed by atoms with van der Waals surface area (Å²) in [5.74, 6) is -1.12. The van der Waals surface area contributed by atoms with Crippen LogP contribution in [0.3, 0.4) is 0 Å². The summed E-state index contributed by atoms with van der Waals surface area (Å²) in [5.41, 5.74) is 0. The fraction of sp³-hybridized carbons (Fsp3) is 0.958. The van der Waals surface area contributed by atoms with Crippen molar-refractivity contribution in [2.75, 3.05) is 39.6 Å².